The minimum atomic E-state index is -5.57. The number of hydrogen-bond acceptors (Lipinski definition) is 19. The molecule has 1 saturated heterocycles. The maximum atomic E-state index is 12.7. The number of amides is 2. The summed E-state index contributed by atoms with van der Waals surface area (Å²) in [4.78, 5) is 88.1. The second-order valence-electron chi connectivity index (χ2n) is 12.2. The number of thioether (sulfide) groups is 1. The fourth-order valence-corrected chi connectivity index (χ4v) is 9.05. The molecule has 4 heterocycles. The zero-order valence-electron chi connectivity index (χ0n) is 28.7. The Morgan fingerprint density at radius 1 is 1.09 bits per heavy atom. The summed E-state index contributed by atoms with van der Waals surface area (Å²) in [5.74, 6) is -1.14. The molecule has 0 radical (unpaired) electrons. The molecule has 0 spiro atoms. The Hall–Kier alpha value is -2.74. The number of nitrogens with two attached hydrogens (primary N) is 1. The van der Waals surface area contributed by atoms with E-state index in [0.717, 1.165) is 29.0 Å². The monoisotopic (exact) mass is 877 g/mol. The van der Waals surface area contributed by atoms with Crippen molar-refractivity contribution in [2.45, 2.75) is 50.9 Å². The lowest BCUT2D eigenvalue weighted by molar-refractivity contribution is -0.137. The van der Waals surface area contributed by atoms with Gasteiger partial charge < -0.3 is 50.9 Å². The highest BCUT2D eigenvalue weighted by Gasteiger charge is 2.50. The summed E-state index contributed by atoms with van der Waals surface area (Å²) in [6.45, 7) is 0.471. The number of nitrogens with zero attached hydrogens (tertiary/aromatic N) is 4. The Kier molecular flexibility index (Phi) is 15.3. The summed E-state index contributed by atoms with van der Waals surface area (Å²) in [5, 5.41) is 28.0. The van der Waals surface area contributed by atoms with Gasteiger partial charge in [-0.25, -0.2) is 28.6 Å². The van der Waals surface area contributed by atoms with E-state index in [1.165, 1.54) is 25.2 Å². The minimum Gasteiger partial charge on any atom is -0.386 e. The SMILES string of the molecule is CC(C)(COP(=O)(O)OP(=O)(O)OC[C@H]1O[C@@H](n2cnc3c(N)ncnc32)[C@H](O)[C@@H]1OP(=O)(O)O)C(O)C(=O)NCCC(=O)NCCSC(=O)c1cccs1. The highest BCUT2D eigenvalue weighted by molar-refractivity contribution is 8.14. The minimum absolute atomic E-state index is 0.0299. The Balaban J connectivity index is 1.24. The molecule has 3 aromatic heterocycles. The van der Waals surface area contributed by atoms with Crippen molar-refractivity contribution >= 4 is 80.5 Å². The van der Waals surface area contributed by atoms with Crippen LogP contribution >= 0.6 is 46.6 Å². The molecule has 7 atom stereocenters. The number of nitrogens with one attached hydrogen (secondary N) is 2. The fourth-order valence-electron chi connectivity index (χ4n) is 4.74. The van der Waals surface area contributed by atoms with Gasteiger partial charge in [-0.1, -0.05) is 31.7 Å². The van der Waals surface area contributed by atoms with Crippen LogP contribution in [0.1, 0.15) is 36.2 Å². The highest BCUT2D eigenvalue weighted by atomic mass is 32.2. The van der Waals surface area contributed by atoms with Crippen LogP contribution in [0.15, 0.2) is 30.2 Å². The van der Waals surface area contributed by atoms with Crippen molar-refractivity contribution in [3.05, 3.63) is 35.0 Å². The molecule has 306 valence electrons. The molecule has 2 amide bonds. The van der Waals surface area contributed by atoms with Crippen molar-refractivity contribution in [3.63, 3.8) is 0 Å². The van der Waals surface area contributed by atoms with Crippen molar-refractivity contribution in [2.75, 3.05) is 37.8 Å². The third kappa shape index (κ3) is 12.9. The number of thiophene rings is 1. The summed E-state index contributed by atoms with van der Waals surface area (Å²) >= 11 is 2.34. The number of rotatable bonds is 20. The van der Waals surface area contributed by atoms with Crippen molar-refractivity contribution in [2.24, 2.45) is 5.41 Å². The molecule has 4 rings (SSSR count). The molecule has 10 N–H and O–H groups in total. The normalized spacial score (nSPS) is 21.8. The topological polar surface area (TPSA) is 364 Å². The summed E-state index contributed by atoms with van der Waals surface area (Å²) in [6.07, 6.45) is -6.92. The molecule has 0 bridgehead atoms. The number of carbonyl (C=O) groups is 3. The van der Waals surface area contributed by atoms with Crippen LogP contribution in [0.4, 0.5) is 5.82 Å². The molecule has 55 heavy (non-hydrogen) atoms. The Labute approximate surface area is 319 Å². The van der Waals surface area contributed by atoms with E-state index in [1.54, 1.807) is 17.5 Å². The number of hydrogen-bond donors (Lipinski definition) is 9. The first-order valence-electron chi connectivity index (χ1n) is 15.7. The van der Waals surface area contributed by atoms with Gasteiger partial charge in [0.05, 0.1) is 24.4 Å². The molecule has 1 aliphatic heterocycles. The van der Waals surface area contributed by atoms with Gasteiger partial charge in [0.1, 0.15) is 36.3 Å². The van der Waals surface area contributed by atoms with Crippen molar-refractivity contribution in [1.29, 1.82) is 0 Å². The standard InChI is InChI=1S/C26H38N7O17P3S2/c1-26(2,20(36)23(37)29-6-5-16(34)28-7-9-55-25(38)15-4-3-8-54-15)11-47-53(44,45)50-52(42,43)46-10-14-19(49-51(39,40)41)18(35)24(48-14)33-13-32-17-21(27)30-12-31-22(17)33/h3-4,8,12-14,18-20,24,35-36H,5-7,9-11H2,1-2H3,(H,28,34)(H,29,37)(H,42,43)(H,44,45)(H2,27,30,31)(H2,39,40,41)/t14-,18-,19-,20?,24-/m1/s1. The van der Waals surface area contributed by atoms with E-state index in [-0.39, 0.29) is 41.6 Å². The number of ether oxygens (including phenoxy) is 1. The van der Waals surface area contributed by atoms with Crippen LogP contribution in [-0.4, -0.2) is 123 Å². The van der Waals surface area contributed by atoms with E-state index in [9.17, 15) is 57.9 Å². The summed E-state index contributed by atoms with van der Waals surface area (Å²) in [6, 6.07) is 3.44. The van der Waals surface area contributed by atoms with Crippen molar-refractivity contribution < 1.29 is 80.5 Å². The summed E-state index contributed by atoms with van der Waals surface area (Å²) < 4.78 is 62.0. The molecule has 0 aromatic carbocycles. The van der Waals surface area contributed by atoms with Gasteiger partial charge >= 0.3 is 23.5 Å². The number of fused-ring (bicyclic) bond motifs is 1. The largest absolute Gasteiger partial charge is 0.481 e. The molecular weight excluding hydrogens is 839 g/mol. The third-order valence-corrected chi connectivity index (χ3v) is 12.4. The van der Waals surface area contributed by atoms with Gasteiger partial charge in [0.2, 0.25) is 16.9 Å². The highest BCUT2D eigenvalue weighted by Crippen LogP contribution is 2.61. The molecule has 3 aromatic rings. The zero-order chi connectivity index (χ0) is 40.8. The maximum absolute atomic E-state index is 12.7. The molecule has 29 heteroatoms. The average Bonchev–Trinajstić information content (AvgIpc) is 3.84. The third-order valence-electron chi connectivity index (χ3n) is 7.46. The number of aliphatic hydroxyl groups is 2. The van der Waals surface area contributed by atoms with Gasteiger partial charge in [0.15, 0.2) is 17.7 Å². The lowest BCUT2D eigenvalue weighted by atomic mass is 9.87. The second kappa shape index (κ2) is 18.7. The number of phosphoric acid groups is 3. The number of aromatic nitrogens is 4. The zero-order valence-corrected chi connectivity index (χ0v) is 33.0. The van der Waals surface area contributed by atoms with Crippen LogP contribution in [0.2, 0.25) is 0 Å². The van der Waals surface area contributed by atoms with Crippen LogP contribution in [0.5, 0.6) is 0 Å². The van der Waals surface area contributed by atoms with Crippen LogP contribution in [0, 0.1) is 5.41 Å². The molecule has 24 nitrogen and oxygen atoms in total. The quantitative estimate of drug-likeness (QED) is 0.0534. The second-order valence-corrected chi connectivity index (χ2v) is 18.4. The smallest absolute Gasteiger partial charge is 0.386 e. The van der Waals surface area contributed by atoms with Gasteiger partial charge in [0, 0.05) is 30.7 Å². The van der Waals surface area contributed by atoms with Crippen LogP contribution in [0.3, 0.4) is 0 Å². The van der Waals surface area contributed by atoms with E-state index in [1.807, 2.05) is 0 Å². The van der Waals surface area contributed by atoms with E-state index in [2.05, 4.69) is 34.4 Å². The van der Waals surface area contributed by atoms with Crippen molar-refractivity contribution in [1.82, 2.24) is 30.2 Å². The Bertz CT molecular complexity index is 1970. The van der Waals surface area contributed by atoms with Crippen molar-refractivity contribution in [3.8, 4) is 0 Å². The van der Waals surface area contributed by atoms with Crippen LogP contribution in [-0.2, 0) is 45.9 Å². The van der Waals surface area contributed by atoms with E-state index >= 15 is 0 Å². The van der Waals surface area contributed by atoms with Gasteiger partial charge in [-0.2, -0.15) is 4.31 Å². The number of imidazole rings is 1. The average molecular weight is 878 g/mol. The van der Waals surface area contributed by atoms with Gasteiger partial charge in [-0.3, -0.25) is 32.5 Å². The van der Waals surface area contributed by atoms with Gasteiger partial charge in [-0.15, -0.1) is 11.3 Å². The molecular formula is C26H38N7O17P3S2. The molecule has 3 unspecified atom stereocenters. The fraction of sp³-hybridized carbons (Fsp3) is 0.538. The van der Waals surface area contributed by atoms with Gasteiger partial charge in [-0.05, 0) is 11.4 Å². The van der Waals surface area contributed by atoms with E-state index in [4.69, 9.17) is 19.5 Å². The van der Waals surface area contributed by atoms with E-state index < -0.39 is 84.6 Å². The number of carbonyl (C=O) groups excluding carboxylic acids is 3. The lowest BCUT2D eigenvalue weighted by Crippen LogP contribution is -2.46. The number of aliphatic hydroxyl groups excluding tert-OH is 2. The first-order chi connectivity index (χ1) is 25.6. The first kappa shape index (κ1) is 45.0. The van der Waals surface area contributed by atoms with E-state index in [0.29, 0.717) is 10.6 Å². The molecule has 1 fully saturated rings. The molecule has 0 aliphatic carbocycles. The Morgan fingerprint density at radius 2 is 1.80 bits per heavy atom. The Morgan fingerprint density at radius 3 is 2.47 bits per heavy atom. The van der Waals surface area contributed by atoms with Crippen LogP contribution < -0.4 is 16.4 Å². The predicted octanol–water partition coefficient (Wildman–Crippen LogP) is 0.0400. The predicted molar refractivity (Wildman–Crippen MR) is 191 cm³/mol. The maximum Gasteiger partial charge on any atom is 0.481 e. The first-order valence-corrected chi connectivity index (χ1v) is 22.1. The molecule has 1 aliphatic rings. The number of anilines is 1. The lowest BCUT2D eigenvalue weighted by Gasteiger charge is -2.30. The summed E-state index contributed by atoms with van der Waals surface area (Å²) in [5.41, 5.74) is 4.26. The number of phosphoric ester groups is 3. The van der Waals surface area contributed by atoms with Crippen LogP contribution in [0.25, 0.3) is 11.2 Å². The molecule has 0 saturated carbocycles. The number of nitrogen functional groups attached to an aromatic ring is 1. The summed E-state index contributed by atoms with van der Waals surface area (Å²) in [7, 11) is -16.4. The van der Waals surface area contributed by atoms with Gasteiger partial charge in [0.25, 0.3) is 0 Å².